The Bertz CT molecular complexity index is 953. The van der Waals surface area contributed by atoms with E-state index < -0.39 is 11.7 Å². The average molecular weight is 356 g/mol. The third-order valence-electron chi connectivity index (χ3n) is 4.33. The Morgan fingerprint density at radius 2 is 1.96 bits per heavy atom. The molecule has 0 spiro atoms. The summed E-state index contributed by atoms with van der Waals surface area (Å²) in [4.78, 5) is 12.7. The summed E-state index contributed by atoms with van der Waals surface area (Å²) in [5.74, 6) is -0.978. The van der Waals surface area contributed by atoms with Gasteiger partial charge in [-0.1, -0.05) is 29.8 Å². The molecule has 1 heterocycles. The summed E-state index contributed by atoms with van der Waals surface area (Å²) in [6.45, 7) is 0. The second kappa shape index (κ2) is 6.33. The fraction of sp³-hybridized carbons (Fsp3) is 0.158. The van der Waals surface area contributed by atoms with E-state index in [9.17, 15) is 9.18 Å². The van der Waals surface area contributed by atoms with Gasteiger partial charge in [-0.2, -0.15) is 5.10 Å². The maximum Gasteiger partial charge on any atom is 0.276 e. The number of hydrogen-bond acceptors (Lipinski definition) is 2. The van der Waals surface area contributed by atoms with E-state index in [0.717, 1.165) is 36.2 Å². The van der Waals surface area contributed by atoms with Crippen LogP contribution < -0.4 is 5.32 Å². The summed E-state index contributed by atoms with van der Waals surface area (Å²) in [6.07, 6.45) is 2.66. The first-order valence-corrected chi connectivity index (χ1v) is 8.44. The maximum absolute atomic E-state index is 13.9. The molecule has 1 aliphatic carbocycles. The number of aromatic nitrogens is 2. The van der Waals surface area contributed by atoms with E-state index in [1.54, 1.807) is 0 Å². The van der Waals surface area contributed by atoms with Crippen LogP contribution in [0.2, 0.25) is 5.02 Å². The van der Waals surface area contributed by atoms with Crippen molar-refractivity contribution >= 4 is 23.2 Å². The number of nitrogens with one attached hydrogen (secondary N) is 1. The van der Waals surface area contributed by atoms with E-state index in [4.69, 9.17) is 11.6 Å². The summed E-state index contributed by atoms with van der Waals surface area (Å²) in [5.41, 5.74) is 3.35. The van der Waals surface area contributed by atoms with Crippen molar-refractivity contribution in [1.82, 2.24) is 9.78 Å². The van der Waals surface area contributed by atoms with E-state index in [1.165, 1.54) is 18.2 Å². The zero-order valence-corrected chi connectivity index (χ0v) is 14.1. The monoisotopic (exact) mass is 355 g/mol. The molecule has 0 bridgehead atoms. The first-order valence-electron chi connectivity index (χ1n) is 8.06. The van der Waals surface area contributed by atoms with Gasteiger partial charge in [-0.15, -0.1) is 0 Å². The van der Waals surface area contributed by atoms with Gasteiger partial charge < -0.3 is 5.32 Å². The number of nitrogens with zero attached hydrogens (tertiary/aromatic N) is 2. The normalized spacial score (nSPS) is 12.9. The lowest BCUT2D eigenvalue weighted by atomic mass is 10.2. The number of halogens is 2. The van der Waals surface area contributed by atoms with Crippen molar-refractivity contribution in [3.63, 3.8) is 0 Å². The molecule has 1 aromatic heterocycles. The van der Waals surface area contributed by atoms with Crippen LogP contribution in [0.1, 0.15) is 28.2 Å². The van der Waals surface area contributed by atoms with Crippen LogP contribution >= 0.6 is 11.6 Å². The van der Waals surface area contributed by atoms with Gasteiger partial charge in [0.1, 0.15) is 5.82 Å². The van der Waals surface area contributed by atoms with Gasteiger partial charge in [-0.25, -0.2) is 9.07 Å². The minimum absolute atomic E-state index is 0.0930. The van der Waals surface area contributed by atoms with Crippen LogP contribution in [0.3, 0.4) is 0 Å². The molecular weight excluding hydrogens is 341 g/mol. The number of rotatable bonds is 3. The van der Waals surface area contributed by atoms with E-state index in [2.05, 4.69) is 10.4 Å². The predicted octanol–water partition coefficient (Wildman–Crippen LogP) is 4.41. The largest absolute Gasteiger partial charge is 0.318 e. The predicted molar refractivity (Wildman–Crippen MR) is 95.0 cm³/mol. The van der Waals surface area contributed by atoms with Gasteiger partial charge in [0.05, 0.1) is 11.4 Å². The molecule has 1 N–H and O–H groups in total. The molecule has 4 nitrogen and oxygen atoms in total. The Labute approximate surface area is 149 Å². The highest BCUT2D eigenvalue weighted by Crippen LogP contribution is 2.28. The Kier molecular flexibility index (Phi) is 4.01. The van der Waals surface area contributed by atoms with Gasteiger partial charge in [0, 0.05) is 16.3 Å². The molecule has 0 atom stereocenters. The minimum atomic E-state index is -0.569. The SMILES string of the molecule is O=C(Nc1ccc(Cl)cc1F)c1nn(-c2ccccc2)c2c1CCC2. The molecule has 1 aliphatic rings. The Morgan fingerprint density at radius 3 is 2.72 bits per heavy atom. The molecule has 4 rings (SSSR count). The zero-order chi connectivity index (χ0) is 17.4. The second-order valence-electron chi connectivity index (χ2n) is 5.95. The van der Waals surface area contributed by atoms with Crippen molar-refractivity contribution in [1.29, 1.82) is 0 Å². The summed E-state index contributed by atoms with van der Waals surface area (Å²) >= 11 is 5.75. The van der Waals surface area contributed by atoms with E-state index in [-0.39, 0.29) is 10.7 Å². The smallest absolute Gasteiger partial charge is 0.276 e. The Hall–Kier alpha value is -2.66. The number of para-hydroxylation sites is 1. The highest BCUT2D eigenvalue weighted by Gasteiger charge is 2.27. The number of carbonyl (C=O) groups excluding carboxylic acids is 1. The van der Waals surface area contributed by atoms with Crippen LogP contribution in [0.25, 0.3) is 5.69 Å². The van der Waals surface area contributed by atoms with Crippen molar-refractivity contribution in [2.75, 3.05) is 5.32 Å². The van der Waals surface area contributed by atoms with Crippen LogP contribution in [0.4, 0.5) is 10.1 Å². The summed E-state index contributed by atoms with van der Waals surface area (Å²) in [7, 11) is 0. The van der Waals surface area contributed by atoms with Crippen molar-refractivity contribution in [3.05, 3.63) is 76.3 Å². The molecule has 3 aromatic rings. The topological polar surface area (TPSA) is 46.9 Å². The molecule has 0 saturated heterocycles. The number of amides is 1. The number of hydrogen-bond donors (Lipinski definition) is 1. The van der Waals surface area contributed by atoms with Crippen molar-refractivity contribution in [2.45, 2.75) is 19.3 Å². The van der Waals surface area contributed by atoms with Crippen molar-refractivity contribution in [2.24, 2.45) is 0 Å². The van der Waals surface area contributed by atoms with Crippen LogP contribution in [-0.4, -0.2) is 15.7 Å². The number of carbonyl (C=O) groups is 1. The quantitative estimate of drug-likeness (QED) is 0.756. The highest BCUT2D eigenvalue weighted by molar-refractivity contribution is 6.30. The molecule has 25 heavy (non-hydrogen) atoms. The molecule has 0 unspecified atom stereocenters. The molecule has 0 aliphatic heterocycles. The van der Waals surface area contributed by atoms with Gasteiger partial charge >= 0.3 is 0 Å². The number of anilines is 1. The molecular formula is C19H15ClFN3O. The number of fused-ring (bicyclic) bond motifs is 1. The fourth-order valence-electron chi connectivity index (χ4n) is 3.17. The fourth-order valence-corrected chi connectivity index (χ4v) is 3.33. The molecule has 6 heteroatoms. The minimum Gasteiger partial charge on any atom is -0.318 e. The molecule has 0 saturated carbocycles. The van der Waals surface area contributed by atoms with E-state index in [0.29, 0.717) is 5.69 Å². The molecule has 0 radical (unpaired) electrons. The molecule has 1 amide bonds. The van der Waals surface area contributed by atoms with Gasteiger partial charge in [-0.3, -0.25) is 4.79 Å². The van der Waals surface area contributed by atoms with Gasteiger partial charge in [0.15, 0.2) is 5.69 Å². The standard InChI is InChI=1S/C19H15ClFN3O/c20-12-9-10-16(15(21)11-12)22-19(25)18-14-7-4-8-17(14)24(23-18)13-5-2-1-3-6-13/h1-3,5-6,9-11H,4,7-8H2,(H,22,25). The number of benzene rings is 2. The van der Waals surface area contributed by atoms with Crippen LogP contribution in [-0.2, 0) is 12.8 Å². The highest BCUT2D eigenvalue weighted by atomic mass is 35.5. The van der Waals surface area contributed by atoms with Crippen molar-refractivity contribution in [3.8, 4) is 5.69 Å². The summed E-state index contributed by atoms with van der Waals surface area (Å²) in [6, 6.07) is 13.9. The van der Waals surface area contributed by atoms with Crippen LogP contribution in [0, 0.1) is 5.82 Å². The molecule has 2 aromatic carbocycles. The lowest BCUT2D eigenvalue weighted by molar-refractivity contribution is 0.102. The molecule has 126 valence electrons. The first-order chi connectivity index (χ1) is 12.1. The second-order valence-corrected chi connectivity index (χ2v) is 6.39. The van der Waals surface area contributed by atoms with Gasteiger partial charge in [0.2, 0.25) is 0 Å². The molecule has 0 fully saturated rings. The van der Waals surface area contributed by atoms with Crippen molar-refractivity contribution < 1.29 is 9.18 Å². The van der Waals surface area contributed by atoms with E-state index in [1.807, 2.05) is 35.0 Å². The van der Waals surface area contributed by atoms with Gasteiger partial charge in [-0.05, 0) is 49.6 Å². The third kappa shape index (κ3) is 2.91. The average Bonchev–Trinajstić information content (AvgIpc) is 3.20. The van der Waals surface area contributed by atoms with Crippen LogP contribution in [0.15, 0.2) is 48.5 Å². The summed E-state index contributed by atoms with van der Waals surface area (Å²) in [5, 5.41) is 7.38. The third-order valence-corrected chi connectivity index (χ3v) is 4.56. The van der Waals surface area contributed by atoms with Gasteiger partial charge in [0.25, 0.3) is 5.91 Å². The zero-order valence-electron chi connectivity index (χ0n) is 13.3. The Balaban J connectivity index is 1.70. The lowest BCUT2D eigenvalue weighted by Gasteiger charge is -2.06. The lowest BCUT2D eigenvalue weighted by Crippen LogP contribution is -2.15. The first kappa shape index (κ1) is 15.8. The Morgan fingerprint density at radius 1 is 1.16 bits per heavy atom. The van der Waals surface area contributed by atoms with Crippen LogP contribution in [0.5, 0.6) is 0 Å². The van der Waals surface area contributed by atoms with E-state index >= 15 is 0 Å². The summed E-state index contributed by atoms with van der Waals surface area (Å²) < 4.78 is 15.8. The maximum atomic E-state index is 13.9.